The molecule has 2 unspecified atom stereocenters. The number of ether oxygens (including phenoxy) is 1. The minimum absolute atomic E-state index is 0.0990. The molecule has 6 heteroatoms. The minimum atomic E-state index is -1.24. The number of rotatable bonds is 6. The number of amides is 1. The van der Waals surface area contributed by atoms with Crippen LogP contribution >= 0.6 is 15.9 Å². The number of carbonyl (C=O) groups is 1. The lowest BCUT2D eigenvalue weighted by Crippen LogP contribution is -2.48. The van der Waals surface area contributed by atoms with E-state index in [0.717, 1.165) is 25.0 Å². The summed E-state index contributed by atoms with van der Waals surface area (Å²) in [5.41, 5.74) is -0.516. The number of aliphatic imine (C=N–C) groups is 1. The molecule has 0 spiro atoms. The summed E-state index contributed by atoms with van der Waals surface area (Å²) in [5.74, 6) is -0.202. The molecular formula is C14H21BrN2O3. The molecule has 0 aromatic carbocycles. The molecule has 1 fully saturated rings. The van der Waals surface area contributed by atoms with Gasteiger partial charge in [-0.15, -0.1) is 0 Å². The summed E-state index contributed by atoms with van der Waals surface area (Å²) < 4.78 is 5.83. The van der Waals surface area contributed by atoms with Gasteiger partial charge in [0.15, 0.2) is 6.23 Å². The smallest absolute Gasteiger partial charge is 0.256 e. The van der Waals surface area contributed by atoms with Crippen LogP contribution in [0.4, 0.5) is 0 Å². The van der Waals surface area contributed by atoms with Crippen molar-refractivity contribution in [2.75, 3.05) is 7.11 Å². The van der Waals surface area contributed by atoms with Crippen LogP contribution in [-0.2, 0) is 9.53 Å². The van der Waals surface area contributed by atoms with Gasteiger partial charge in [0.05, 0.1) is 0 Å². The van der Waals surface area contributed by atoms with Crippen LogP contribution in [0, 0.1) is 5.92 Å². The molecule has 1 heterocycles. The van der Waals surface area contributed by atoms with Crippen LogP contribution in [0.25, 0.3) is 0 Å². The maximum atomic E-state index is 12.4. The Morgan fingerprint density at radius 2 is 2.35 bits per heavy atom. The van der Waals surface area contributed by atoms with Gasteiger partial charge in [-0.3, -0.25) is 4.79 Å². The highest BCUT2D eigenvalue weighted by Crippen LogP contribution is 2.42. The fraction of sp³-hybridized carbons (Fsp3) is 0.714. The van der Waals surface area contributed by atoms with E-state index >= 15 is 0 Å². The zero-order chi connectivity index (χ0) is 14.8. The molecule has 2 rings (SSSR count). The average molecular weight is 345 g/mol. The Balaban J connectivity index is 2.05. The molecule has 20 heavy (non-hydrogen) atoms. The van der Waals surface area contributed by atoms with E-state index in [1.807, 2.05) is 6.92 Å². The number of hydrogen-bond donors (Lipinski definition) is 2. The third kappa shape index (κ3) is 3.48. The lowest BCUT2D eigenvalue weighted by atomic mass is 9.91. The van der Waals surface area contributed by atoms with Crippen molar-refractivity contribution >= 4 is 26.5 Å². The predicted octanol–water partition coefficient (Wildman–Crippen LogP) is 2.10. The van der Waals surface area contributed by atoms with E-state index in [9.17, 15) is 9.90 Å². The molecule has 112 valence electrons. The van der Waals surface area contributed by atoms with E-state index < -0.39 is 5.60 Å². The van der Waals surface area contributed by atoms with Crippen molar-refractivity contribution in [3.63, 3.8) is 0 Å². The summed E-state index contributed by atoms with van der Waals surface area (Å²) in [4.78, 5) is 16.6. The molecule has 2 N–H and O–H groups in total. The lowest BCUT2D eigenvalue weighted by molar-refractivity contribution is -0.142. The van der Waals surface area contributed by atoms with Crippen molar-refractivity contribution in [1.82, 2.24) is 5.32 Å². The van der Waals surface area contributed by atoms with Crippen molar-refractivity contribution in [3.8, 4) is 0 Å². The molecule has 0 radical (unpaired) electrons. The van der Waals surface area contributed by atoms with Gasteiger partial charge in [-0.05, 0) is 47.2 Å². The topological polar surface area (TPSA) is 70.9 Å². The Hall–Kier alpha value is -0.720. The monoisotopic (exact) mass is 344 g/mol. The second kappa shape index (κ2) is 6.37. The van der Waals surface area contributed by atoms with Crippen molar-refractivity contribution in [3.05, 3.63) is 11.8 Å². The zero-order valence-electron chi connectivity index (χ0n) is 11.9. The number of hydrogen-bond acceptors (Lipinski definition) is 4. The van der Waals surface area contributed by atoms with E-state index in [-0.39, 0.29) is 18.1 Å². The predicted molar refractivity (Wildman–Crippen MR) is 80.6 cm³/mol. The summed E-state index contributed by atoms with van der Waals surface area (Å²) >= 11 is 3.30. The summed E-state index contributed by atoms with van der Waals surface area (Å²) in [6.07, 6.45) is 5.09. The summed E-state index contributed by atoms with van der Waals surface area (Å²) in [6, 6.07) is 0. The summed E-state index contributed by atoms with van der Waals surface area (Å²) in [7, 11) is 1.58. The number of allylic oxidation sites excluding steroid dienone is 1. The summed E-state index contributed by atoms with van der Waals surface area (Å²) in [6.45, 7) is 1.98. The highest BCUT2D eigenvalue weighted by atomic mass is 79.9. The Morgan fingerprint density at radius 1 is 1.65 bits per heavy atom. The lowest BCUT2D eigenvalue weighted by Gasteiger charge is -2.28. The van der Waals surface area contributed by atoms with E-state index in [2.05, 4.69) is 26.2 Å². The van der Waals surface area contributed by atoms with Gasteiger partial charge < -0.3 is 15.2 Å². The second-order valence-corrected chi connectivity index (χ2v) is 6.23. The van der Waals surface area contributed by atoms with Gasteiger partial charge in [0.2, 0.25) is 0 Å². The molecule has 2 aliphatic rings. The van der Waals surface area contributed by atoms with Crippen LogP contribution in [0.1, 0.15) is 39.0 Å². The molecule has 1 aliphatic heterocycles. The molecular weight excluding hydrogens is 324 g/mol. The van der Waals surface area contributed by atoms with E-state index in [1.54, 1.807) is 13.2 Å². The first-order valence-corrected chi connectivity index (χ1v) is 7.79. The molecule has 0 bridgehead atoms. The third-order valence-electron chi connectivity index (χ3n) is 3.78. The number of nitrogens with zero attached hydrogens (tertiary/aromatic N) is 1. The molecule has 0 aromatic rings. The van der Waals surface area contributed by atoms with Crippen LogP contribution in [0.5, 0.6) is 0 Å². The maximum absolute atomic E-state index is 12.4. The van der Waals surface area contributed by atoms with Crippen molar-refractivity contribution in [1.29, 1.82) is 0 Å². The van der Waals surface area contributed by atoms with E-state index in [0.29, 0.717) is 17.5 Å². The van der Waals surface area contributed by atoms with Gasteiger partial charge in [-0.1, -0.05) is 13.3 Å². The van der Waals surface area contributed by atoms with Gasteiger partial charge in [-0.2, -0.15) is 0 Å². The number of carbonyl (C=O) groups excluding carboxylic acids is 1. The third-order valence-corrected chi connectivity index (χ3v) is 4.21. The molecule has 0 saturated heterocycles. The number of methoxy groups -OCH3 is 1. The first kappa shape index (κ1) is 15.7. The van der Waals surface area contributed by atoms with Gasteiger partial charge >= 0.3 is 0 Å². The fourth-order valence-corrected chi connectivity index (χ4v) is 3.04. The first-order chi connectivity index (χ1) is 9.49. The van der Waals surface area contributed by atoms with E-state index in [4.69, 9.17) is 4.74 Å². The van der Waals surface area contributed by atoms with Crippen LogP contribution < -0.4 is 5.32 Å². The molecule has 1 amide bonds. The van der Waals surface area contributed by atoms with Gasteiger partial charge in [0, 0.05) is 19.2 Å². The fourth-order valence-electron chi connectivity index (χ4n) is 2.53. The standard InChI is InChI=1S/C14H21BrN2O3/c1-3-6-14(19,9-4-5-9)13(18)16-10-7-11(15)17-12(8-10)20-2/h7,9,12,19H,3-6,8H2,1-2H3,(H,16,18). The first-order valence-electron chi connectivity index (χ1n) is 7.00. The Morgan fingerprint density at radius 3 is 2.90 bits per heavy atom. The van der Waals surface area contributed by atoms with E-state index in [1.165, 1.54) is 0 Å². The number of nitrogens with one attached hydrogen (secondary N) is 1. The molecule has 5 nitrogen and oxygen atoms in total. The van der Waals surface area contributed by atoms with Crippen molar-refractivity contribution < 1.29 is 14.6 Å². The molecule has 1 aliphatic carbocycles. The Kier molecular flexibility index (Phi) is 4.99. The van der Waals surface area contributed by atoms with Crippen LogP contribution in [-0.4, -0.2) is 34.6 Å². The average Bonchev–Trinajstić information content (AvgIpc) is 3.22. The normalized spacial score (nSPS) is 25.5. The Labute approximate surface area is 127 Å². The van der Waals surface area contributed by atoms with Crippen molar-refractivity contribution in [2.45, 2.75) is 50.9 Å². The van der Waals surface area contributed by atoms with Crippen molar-refractivity contribution in [2.24, 2.45) is 10.9 Å². The van der Waals surface area contributed by atoms with Gasteiger partial charge in [-0.25, -0.2) is 4.99 Å². The molecule has 0 aromatic heterocycles. The van der Waals surface area contributed by atoms with Gasteiger partial charge in [0.1, 0.15) is 10.2 Å². The quantitative estimate of drug-likeness (QED) is 0.775. The summed E-state index contributed by atoms with van der Waals surface area (Å²) in [5, 5.41) is 13.5. The number of dihydropyridines is 1. The zero-order valence-corrected chi connectivity index (χ0v) is 13.4. The largest absolute Gasteiger partial charge is 0.380 e. The van der Waals surface area contributed by atoms with Crippen LogP contribution in [0.2, 0.25) is 0 Å². The highest BCUT2D eigenvalue weighted by Gasteiger charge is 2.48. The SMILES string of the molecule is CCCC(O)(C(=O)NC1=CC(Br)=NC(OC)C1)C1CC1. The van der Waals surface area contributed by atoms with Crippen LogP contribution in [0.3, 0.4) is 0 Å². The highest BCUT2D eigenvalue weighted by molar-refractivity contribution is 9.18. The second-order valence-electron chi connectivity index (χ2n) is 5.42. The number of aliphatic hydroxyl groups is 1. The number of halogens is 1. The van der Waals surface area contributed by atoms with Crippen LogP contribution in [0.15, 0.2) is 16.8 Å². The van der Waals surface area contributed by atoms with Gasteiger partial charge in [0.25, 0.3) is 5.91 Å². The molecule has 2 atom stereocenters. The Bertz CT molecular complexity index is 446. The minimum Gasteiger partial charge on any atom is -0.380 e. The maximum Gasteiger partial charge on any atom is 0.256 e. The molecule has 1 saturated carbocycles.